The molecule has 1 aliphatic rings. The van der Waals surface area contributed by atoms with E-state index in [4.69, 9.17) is 10.00 Å². The maximum absolute atomic E-state index is 12.8. The fourth-order valence-corrected chi connectivity index (χ4v) is 4.06. The molecule has 1 heterocycles. The zero-order chi connectivity index (χ0) is 24.5. The smallest absolute Gasteiger partial charge is 0.319 e. The van der Waals surface area contributed by atoms with Gasteiger partial charge in [-0.2, -0.15) is 5.26 Å². The Hall–Kier alpha value is -4.31. The SMILES string of the molecule is N#CCc1ccc(OCc2cccc(NC(=O)NC(CN3CCCC3=O)c3ccccc3)c2)cc1. The molecule has 0 radical (unpaired) electrons. The van der Waals surface area contributed by atoms with Gasteiger partial charge in [-0.15, -0.1) is 0 Å². The van der Waals surface area contributed by atoms with Crippen LogP contribution in [0.25, 0.3) is 0 Å². The predicted molar refractivity (Wildman–Crippen MR) is 134 cm³/mol. The number of nitrogens with one attached hydrogen (secondary N) is 2. The summed E-state index contributed by atoms with van der Waals surface area (Å²) in [5, 5.41) is 14.7. The average Bonchev–Trinajstić information content (AvgIpc) is 3.28. The van der Waals surface area contributed by atoms with E-state index in [9.17, 15) is 9.59 Å². The molecule has 3 amide bonds. The van der Waals surface area contributed by atoms with E-state index < -0.39 is 0 Å². The molecular formula is C28H28N4O3. The number of hydrogen-bond acceptors (Lipinski definition) is 4. The Kier molecular flexibility index (Phi) is 7.97. The first kappa shape index (κ1) is 23.8. The van der Waals surface area contributed by atoms with Gasteiger partial charge in [-0.1, -0.05) is 54.6 Å². The molecule has 7 nitrogen and oxygen atoms in total. The van der Waals surface area contributed by atoms with Crippen molar-refractivity contribution in [2.45, 2.75) is 31.9 Å². The van der Waals surface area contributed by atoms with Gasteiger partial charge < -0.3 is 20.3 Å². The van der Waals surface area contributed by atoms with Crippen LogP contribution in [-0.4, -0.2) is 29.9 Å². The van der Waals surface area contributed by atoms with E-state index in [1.165, 1.54) is 0 Å². The first-order valence-electron chi connectivity index (χ1n) is 11.7. The lowest BCUT2D eigenvalue weighted by molar-refractivity contribution is -0.128. The number of hydrogen-bond donors (Lipinski definition) is 2. The standard InChI is InChI=1S/C28H28N4O3/c29-16-15-21-11-13-25(14-12-21)35-20-22-6-4-9-24(18-22)30-28(34)31-26(23-7-2-1-3-8-23)19-32-17-5-10-27(32)33/h1-4,6-9,11-14,18,26H,5,10,15,17,19-20H2,(H2,30,31,34). The van der Waals surface area contributed by atoms with E-state index in [2.05, 4.69) is 16.7 Å². The molecule has 0 aromatic heterocycles. The molecule has 3 aromatic rings. The average molecular weight is 469 g/mol. The first-order valence-corrected chi connectivity index (χ1v) is 11.7. The second-order valence-electron chi connectivity index (χ2n) is 8.47. The molecule has 1 fully saturated rings. The number of benzene rings is 3. The Morgan fingerprint density at radius 3 is 2.54 bits per heavy atom. The number of anilines is 1. The summed E-state index contributed by atoms with van der Waals surface area (Å²) in [5.41, 5.74) is 3.45. The summed E-state index contributed by atoms with van der Waals surface area (Å²) >= 11 is 0. The van der Waals surface area contributed by atoms with Crippen LogP contribution in [-0.2, 0) is 17.8 Å². The highest BCUT2D eigenvalue weighted by atomic mass is 16.5. The Balaban J connectivity index is 1.36. The van der Waals surface area contributed by atoms with Crippen molar-refractivity contribution in [1.82, 2.24) is 10.2 Å². The lowest BCUT2D eigenvalue weighted by Gasteiger charge is -2.25. The van der Waals surface area contributed by atoms with Crippen LogP contribution < -0.4 is 15.4 Å². The van der Waals surface area contributed by atoms with E-state index in [1.807, 2.05) is 83.8 Å². The van der Waals surface area contributed by atoms with Crippen LogP contribution in [0.15, 0.2) is 78.9 Å². The summed E-state index contributed by atoms with van der Waals surface area (Å²) < 4.78 is 5.84. The van der Waals surface area contributed by atoms with Crippen molar-refractivity contribution in [3.05, 3.63) is 95.6 Å². The van der Waals surface area contributed by atoms with Crippen molar-refractivity contribution in [3.63, 3.8) is 0 Å². The molecule has 0 aliphatic carbocycles. The Morgan fingerprint density at radius 2 is 1.83 bits per heavy atom. The van der Waals surface area contributed by atoms with E-state index in [-0.39, 0.29) is 18.0 Å². The second-order valence-corrected chi connectivity index (χ2v) is 8.47. The maximum atomic E-state index is 12.8. The van der Waals surface area contributed by atoms with Gasteiger partial charge in [0.15, 0.2) is 0 Å². The van der Waals surface area contributed by atoms with Gasteiger partial charge in [0.05, 0.1) is 18.5 Å². The van der Waals surface area contributed by atoms with Gasteiger partial charge >= 0.3 is 6.03 Å². The van der Waals surface area contributed by atoms with Crippen molar-refractivity contribution in [3.8, 4) is 11.8 Å². The lowest BCUT2D eigenvalue weighted by Crippen LogP contribution is -2.40. The number of nitriles is 1. The number of carbonyl (C=O) groups excluding carboxylic acids is 2. The highest BCUT2D eigenvalue weighted by Crippen LogP contribution is 2.20. The first-order chi connectivity index (χ1) is 17.1. The lowest BCUT2D eigenvalue weighted by atomic mass is 10.1. The summed E-state index contributed by atoms with van der Waals surface area (Å²) in [4.78, 5) is 26.8. The molecule has 0 saturated carbocycles. The molecule has 1 saturated heterocycles. The third-order valence-corrected chi connectivity index (χ3v) is 5.88. The summed E-state index contributed by atoms with van der Waals surface area (Å²) in [6.45, 7) is 1.50. The fourth-order valence-electron chi connectivity index (χ4n) is 4.06. The van der Waals surface area contributed by atoms with Crippen LogP contribution >= 0.6 is 0 Å². The van der Waals surface area contributed by atoms with Crippen molar-refractivity contribution < 1.29 is 14.3 Å². The van der Waals surface area contributed by atoms with E-state index in [0.717, 1.165) is 23.1 Å². The number of likely N-dealkylation sites (tertiary alicyclic amines) is 1. The largest absolute Gasteiger partial charge is 0.489 e. The van der Waals surface area contributed by atoms with Crippen LogP contribution in [0.2, 0.25) is 0 Å². The predicted octanol–water partition coefficient (Wildman–Crippen LogP) is 4.82. The van der Waals surface area contributed by atoms with Crippen LogP contribution in [0.1, 0.15) is 35.6 Å². The molecule has 7 heteroatoms. The van der Waals surface area contributed by atoms with Gasteiger partial charge in [-0.3, -0.25) is 4.79 Å². The summed E-state index contributed by atoms with van der Waals surface area (Å²) in [7, 11) is 0. The van der Waals surface area contributed by atoms with Crippen molar-refractivity contribution >= 4 is 17.6 Å². The maximum Gasteiger partial charge on any atom is 0.319 e. The van der Waals surface area contributed by atoms with Crippen molar-refractivity contribution in [2.75, 3.05) is 18.4 Å². The molecule has 178 valence electrons. The molecule has 2 N–H and O–H groups in total. The van der Waals surface area contributed by atoms with E-state index >= 15 is 0 Å². The quantitative estimate of drug-likeness (QED) is 0.471. The molecule has 0 spiro atoms. The van der Waals surface area contributed by atoms with Gasteiger partial charge in [0.2, 0.25) is 5.91 Å². The zero-order valence-corrected chi connectivity index (χ0v) is 19.4. The zero-order valence-electron chi connectivity index (χ0n) is 19.4. The number of amides is 3. The topological polar surface area (TPSA) is 94.5 Å². The van der Waals surface area contributed by atoms with Gasteiger partial charge in [-0.25, -0.2) is 4.79 Å². The van der Waals surface area contributed by atoms with Gasteiger partial charge in [0.1, 0.15) is 12.4 Å². The highest BCUT2D eigenvalue weighted by molar-refractivity contribution is 5.89. The summed E-state index contributed by atoms with van der Waals surface area (Å²) in [5.74, 6) is 0.838. The van der Waals surface area contributed by atoms with Gasteiger partial charge in [0.25, 0.3) is 0 Å². The molecule has 1 aliphatic heterocycles. The van der Waals surface area contributed by atoms with Crippen molar-refractivity contribution in [2.24, 2.45) is 0 Å². The molecule has 1 atom stereocenters. The Bertz CT molecular complexity index is 1190. The second kappa shape index (κ2) is 11.7. The minimum absolute atomic E-state index is 0.126. The van der Waals surface area contributed by atoms with Crippen molar-refractivity contribution in [1.29, 1.82) is 5.26 Å². The minimum Gasteiger partial charge on any atom is -0.489 e. The Morgan fingerprint density at radius 1 is 1.03 bits per heavy atom. The molecular weight excluding hydrogens is 440 g/mol. The molecule has 1 unspecified atom stereocenters. The molecule has 4 rings (SSSR count). The van der Waals surface area contributed by atoms with Crippen LogP contribution in [0.4, 0.5) is 10.5 Å². The summed E-state index contributed by atoms with van der Waals surface area (Å²) in [6, 6.07) is 26.1. The third-order valence-electron chi connectivity index (χ3n) is 5.88. The minimum atomic E-state index is -0.336. The number of nitrogens with zero attached hydrogens (tertiary/aromatic N) is 2. The monoisotopic (exact) mass is 468 g/mol. The fraction of sp³-hybridized carbons (Fsp3) is 0.250. The third kappa shape index (κ3) is 6.84. The van der Waals surface area contributed by atoms with E-state index in [0.29, 0.717) is 44.0 Å². The highest BCUT2D eigenvalue weighted by Gasteiger charge is 2.25. The Labute approximate surface area is 205 Å². The normalized spacial score (nSPS) is 13.7. The summed E-state index contributed by atoms with van der Waals surface area (Å²) in [6.07, 6.45) is 1.79. The van der Waals surface area contributed by atoms with Crippen LogP contribution in [0.3, 0.4) is 0 Å². The number of ether oxygens (including phenoxy) is 1. The molecule has 35 heavy (non-hydrogen) atoms. The van der Waals surface area contributed by atoms with Gasteiger partial charge in [-0.05, 0) is 47.4 Å². The molecule has 3 aromatic carbocycles. The van der Waals surface area contributed by atoms with E-state index in [1.54, 1.807) is 0 Å². The van der Waals surface area contributed by atoms with Crippen LogP contribution in [0.5, 0.6) is 5.75 Å². The number of carbonyl (C=O) groups is 2. The van der Waals surface area contributed by atoms with Gasteiger partial charge in [0, 0.05) is 25.2 Å². The van der Waals surface area contributed by atoms with Crippen LogP contribution in [0, 0.1) is 11.3 Å². The molecule has 0 bridgehead atoms. The number of rotatable bonds is 9. The number of urea groups is 1.